The van der Waals surface area contributed by atoms with Crippen molar-refractivity contribution in [2.75, 3.05) is 6.54 Å². The molecule has 0 radical (unpaired) electrons. The maximum absolute atomic E-state index is 12.6. The van der Waals surface area contributed by atoms with Gasteiger partial charge >= 0.3 is 0 Å². The number of hydrogen-bond donors (Lipinski definition) is 1. The van der Waals surface area contributed by atoms with Crippen LogP contribution in [0.15, 0.2) is 30.3 Å². The summed E-state index contributed by atoms with van der Waals surface area (Å²) >= 11 is 0. The van der Waals surface area contributed by atoms with E-state index >= 15 is 0 Å². The Bertz CT molecular complexity index is 638. The number of unbranched alkanes of at least 4 members (excludes halogenated alkanes) is 1. The molecule has 1 aliphatic heterocycles. The van der Waals surface area contributed by atoms with Gasteiger partial charge in [0.05, 0.1) is 6.04 Å². The summed E-state index contributed by atoms with van der Waals surface area (Å²) in [5.74, 6) is -2.60. The third-order valence-corrected chi connectivity index (χ3v) is 4.96. The third kappa shape index (κ3) is 3.00. The molecule has 1 amide bonds. The molecule has 0 spiro atoms. The second kappa shape index (κ2) is 6.85. The quantitative estimate of drug-likeness (QED) is 0.612. The van der Waals surface area contributed by atoms with Crippen molar-refractivity contribution in [3.63, 3.8) is 0 Å². The Morgan fingerprint density at radius 2 is 1.92 bits per heavy atom. The Morgan fingerprint density at radius 3 is 2.50 bits per heavy atom. The van der Waals surface area contributed by atoms with Gasteiger partial charge in [-0.1, -0.05) is 43.7 Å². The van der Waals surface area contributed by atoms with Crippen LogP contribution in [0.1, 0.15) is 44.3 Å². The monoisotopic (exact) mass is 329 g/mol. The fourth-order valence-corrected chi connectivity index (χ4v) is 3.44. The first-order valence-electron chi connectivity index (χ1n) is 8.67. The van der Waals surface area contributed by atoms with Crippen molar-refractivity contribution in [3.05, 3.63) is 35.9 Å². The number of Topliss-reactive ketones (excluding diaryl/α,β-unsaturated/α-hetero) is 2. The number of carbonyl (C=O) groups excluding carboxylic acids is 3. The lowest BCUT2D eigenvalue weighted by Gasteiger charge is -2.31. The molecular formula is C19H23NO4. The van der Waals surface area contributed by atoms with E-state index in [9.17, 15) is 19.5 Å². The molecule has 1 saturated carbocycles. The zero-order chi connectivity index (χ0) is 17.3. The average Bonchev–Trinajstić information content (AvgIpc) is 3.41. The van der Waals surface area contributed by atoms with Gasteiger partial charge < -0.3 is 10.0 Å². The van der Waals surface area contributed by atoms with E-state index in [4.69, 9.17) is 0 Å². The van der Waals surface area contributed by atoms with Gasteiger partial charge in [-0.2, -0.15) is 0 Å². The molecule has 1 heterocycles. The van der Waals surface area contributed by atoms with Crippen molar-refractivity contribution < 1.29 is 19.5 Å². The molecular weight excluding hydrogens is 306 g/mol. The van der Waals surface area contributed by atoms with Crippen molar-refractivity contribution in [3.8, 4) is 0 Å². The van der Waals surface area contributed by atoms with Crippen molar-refractivity contribution in [2.24, 2.45) is 11.8 Å². The molecule has 1 aromatic carbocycles. The molecule has 2 fully saturated rings. The van der Waals surface area contributed by atoms with Crippen molar-refractivity contribution in [1.29, 1.82) is 0 Å². The summed E-state index contributed by atoms with van der Waals surface area (Å²) in [6.45, 7) is 2.39. The Labute approximate surface area is 141 Å². The number of aliphatic hydroxyl groups is 1. The summed E-state index contributed by atoms with van der Waals surface area (Å²) in [7, 11) is 0. The van der Waals surface area contributed by atoms with Gasteiger partial charge in [0.15, 0.2) is 0 Å². The second-order valence-electron chi connectivity index (χ2n) is 6.72. The molecule has 0 bridgehead atoms. The number of aliphatic hydroxyl groups excluding tert-OH is 1. The summed E-state index contributed by atoms with van der Waals surface area (Å²) < 4.78 is 0. The Balaban J connectivity index is 1.94. The fraction of sp³-hybridized carbons (Fsp3) is 0.526. The number of rotatable bonds is 7. The maximum Gasteiger partial charge on any atom is 0.291 e. The van der Waals surface area contributed by atoms with Crippen LogP contribution in [0.5, 0.6) is 0 Å². The topological polar surface area (TPSA) is 74.7 Å². The lowest BCUT2D eigenvalue weighted by molar-refractivity contribution is -0.142. The van der Waals surface area contributed by atoms with Gasteiger partial charge in [0.1, 0.15) is 17.8 Å². The predicted molar refractivity (Wildman–Crippen MR) is 88.0 cm³/mol. The number of amides is 1. The molecule has 2 aliphatic rings. The molecule has 3 atom stereocenters. The first-order valence-corrected chi connectivity index (χ1v) is 8.67. The average molecular weight is 329 g/mol. The predicted octanol–water partition coefficient (Wildman–Crippen LogP) is 1.90. The van der Waals surface area contributed by atoms with Crippen LogP contribution in [0.25, 0.3) is 0 Å². The minimum Gasteiger partial charge on any atom is -0.386 e. The molecule has 0 aromatic heterocycles. The minimum atomic E-state index is -1.04. The van der Waals surface area contributed by atoms with Crippen LogP contribution in [0.4, 0.5) is 0 Å². The van der Waals surface area contributed by atoms with Gasteiger partial charge in [0.2, 0.25) is 5.78 Å². The smallest absolute Gasteiger partial charge is 0.291 e. The summed E-state index contributed by atoms with van der Waals surface area (Å²) in [6.07, 6.45) is 2.13. The van der Waals surface area contributed by atoms with E-state index in [1.807, 2.05) is 13.0 Å². The summed E-state index contributed by atoms with van der Waals surface area (Å²) in [5, 5.41) is 10.8. The first-order chi connectivity index (χ1) is 11.6. The Hall–Kier alpha value is -2.01. The molecule has 128 valence electrons. The number of likely N-dealkylation sites (tertiary alicyclic amines) is 1. The SMILES string of the molecule is CCCCN1C(=O)C(=O)C(C(=O)C2CC2)C1C(O)c1ccccc1. The molecule has 5 heteroatoms. The number of hydrogen-bond acceptors (Lipinski definition) is 4. The molecule has 1 saturated heterocycles. The highest BCUT2D eigenvalue weighted by Gasteiger charge is 2.55. The van der Waals surface area contributed by atoms with Crippen LogP contribution in [-0.2, 0) is 14.4 Å². The van der Waals surface area contributed by atoms with E-state index in [2.05, 4.69) is 0 Å². The molecule has 5 nitrogen and oxygen atoms in total. The molecule has 3 rings (SSSR count). The normalized spacial score (nSPS) is 25.2. The summed E-state index contributed by atoms with van der Waals surface area (Å²) in [5.41, 5.74) is 0.625. The van der Waals surface area contributed by atoms with Crippen LogP contribution >= 0.6 is 0 Å². The van der Waals surface area contributed by atoms with Crippen molar-refractivity contribution >= 4 is 17.5 Å². The van der Waals surface area contributed by atoms with Crippen LogP contribution in [0.3, 0.4) is 0 Å². The van der Waals surface area contributed by atoms with E-state index in [1.165, 1.54) is 4.90 Å². The van der Waals surface area contributed by atoms with Crippen LogP contribution in [-0.4, -0.2) is 40.1 Å². The van der Waals surface area contributed by atoms with Crippen molar-refractivity contribution in [2.45, 2.75) is 44.8 Å². The fourth-order valence-electron chi connectivity index (χ4n) is 3.44. The highest BCUT2D eigenvalue weighted by molar-refractivity contribution is 6.43. The van der Waals surface area contributed by atoms with Gasteiger partial charge in [-0.15, -0.1) is 0 Å². The number of nitrogens with zero attached hydrogens (tertiary/aromatic N) is 1. The largest absolute Gasteiger partial charge is 0.386 e. The van der Waals surface area contributed by atoms with E-state index in [1.54, 1.807) is 24.3 Å². The summed E-state index contributed by atoms with van der Waals surface area (Å²) in [6, 6.07) is 8.16. The molecule has 1 N–H and O–H groups in total. The maximum atomic E-state index is 12.6. The van der Waals surface area contributed by atoms with Gasteiger partial charge in [0, 0.05) is 12.5 Å². The zero-order valence-electron chi connectivity index (χ0n) is 13.9. The number of carbonyl (C=O) groups is 3. The zero-order valence-corrected chi connectivity index (χ0v) is 13.9. The summed E-state index contributed by atoms with van der Waals surface area (Å²) in [4.78, 5) is 38.9. The lowest BCUT2D eigenvalue weighted by atomic mass is 9.86. The highest BCUT2D eigenvalue weighted by Crippen LogP contribution is 2.40. The lowest BCUT2D eigenvalue weighted by Crippen LogP contribution is -2.42. The minimum absolute atomic E-state index is 0.122. The molecule has 3 unspecified atom stereocenters. The van der Waals surface area contributed by atoms with E-state index < -0.39 is 29.8 Å². The van der Waals surface area contributed by atoms with Gasteiger partial charge in [-0.3, -0.25) is 14.4 Å². The first kappa shape index (κ1) is 16.8. The van der Waals surface area contributed by atoms with Gasteiger partial charge in [-0.05, 0) is 24.8 Å². The molecule has 1 aromatic rings. The van der Waals surface area contributed by atoms with Gasteiger partial charge in [-0.25, -0.2) is 0 Å². The van der Waals surface area contributed by atoms with Crippen LogP contribution < -0.4 is 0 Å². The van der Waals surface area contributed by atoms with E-state index in [0.717, 1.165) is 25.7 Å². The molecule has 24 heavy (non-hydrogen) atoms. The third-order valence-electron chi connectivity index (χ3n) is 4.96. The number of ketones is 2. The van der Waals surface area contributed by atoms with Crippen molar-refractivity contribution in [1.82, 2.24) is 4.90 Å². The Morgan fingerprint density at radius 1 is 1.25 bits per heavy atom. The van der Waals surface area contributed by atoms with Gasteiger partial charge in [0.25, 0.3) is 5.91 Å². The van der Waals surface area contributed by atoms with E-state index in [-0.39, 0.29) is 11.7 Å². The van der Waals surface area contributed by atoms with Crippen LogP contribution in [0.2, 0.25) is 0 Å². The Kier molecular flexibility index (Phi) is 4.81. The number of benzene rings is 1. The highest BCUT2D eigenvalue weighted by atomic mass is 16.3. The van der Waals surface area contributed by atoms with E-state index in [0.29, 0.717) is 12.1 Å². The molecule has 1 aliphatic carbocycles. The van der Waals surface area contributed by atoms with Crippen LogP contribution in [0, 0.1) is 11.8 Å². The second-order valence-corrected chi connectivity index (χ2v) is 6.72. The standard InChI is InChI=1S/C19H23NO4/c1-2-3-11-20-15(17(22)12-7-5-4-6-8-12)14(18(23)19(20)24)16(21)13-9-10-13/h4-8,13-15,17,22H,2-3,9-11H2,1H3.